The lowest BCUT2D eigenvalue weighted by atomic mass is 9.99. The Morgan fingerprint density at radius 1 is 0.479 bits per heavy atom. The molecule has 0 radical (unpaired) electrons. The van der Waals surface area contributed by atoms with Gasteiger partial charge < -0.3 is 102 Å². The maximum absolute atomic E-state index is 14.4. The smallest absolute Gasteiger partial charge is 0.326 e. The molecule has 35 heteroatoms. The molecular formula is C61H95N17O17S. The van der Waals surface area contributed by atoms with E-state index in [9.17, 15) is 82.4 Å². The Morgan fingerprint density at radius 2 is 0.938 bits per heavy atom. The number of carbonyl (C=O) groups is 14. The molecule has 0 saturated carbocycles. The van der Waals surface area contributed by atoms with Gasteiger partial charge >= 0.3 is 11.9 Å². The molecule has 0 aliphatic carbocycles. The van der Waals surface area contributed by atoms with Crippen molar-refractivity contribution in [2.24, 2.45) is 39.8 Å². The normalized spacial score (nSPS) is 13.4. The fraction of sp³-hybridized carbons (Fsp3) is 0.557. The number of benzene rings is 2. The van der Waals surface area contributed by atoms with E-state index in [1.54, 1.807) is 64.3 Å². The third-order valence-electron chi connectivity index (χ3n) is 14.2. The lowest BCUT2D eigenvalue weighted by Crippen LogP contribution is -2.59. The van der Waals surface area contributed by atoms with Gasteiger partial charge in [-0.1, -0.05) is 70.2 Å². The highest BCUT2D eigenvalue weighted by atomic mass is 32.2. The van der Waals surface area contributed by atoms with Gasteiger partial charge in [0, 0.05) is 25.8 Å². The van der Waals surface area contributed by atoms with Gasteiger partial charge in [0.15, 0.2) is 5.96 Å². The summed E-state index contributed by atoms with van der Waals surface area (Å²) in [5.41, 5.74) is 23.2. The minimum absolute atomic E-state index is 0.0212. The molecule has 0 heterocycles. The third kappa shape index (κ3) is 34.0. The average molecular weight is 1370 g/mol. The van der Waals surface area contributed by atoms with Gasteiger partial charge in [-0.15, -0.1) is 0 Å². The van der Waals surface area contributed by atoms with Crippen LogP contribution >= 0.6 is 11.8 Å². The fourth-order valence-corrected chi connectivity index (χ4v) is 9.55. The molecule has 0 aromatic heterocycles. The van der Waals surface area contributed by atoms with Gasteiger partial charge in [0.25, 0.3) is 0 Å². The van der Waals surface area contributed by atoms with Gasteiger partial charge in [0.1, 0.15) is 54.1 Å². The van der Waals surface area contributed by atoms with E-state index in [1.807, 2.05) is 0 Å². The van der Waals surface area contributed by atoms with E-state index in [2.05, 4.69) is 68.8 Å². The summed E-state index contributed by atoms with van der Waals surface area (Å²) in [7, 11) is 0. The number of carboxylic acid groups (broad SMARTS) is 2. The molecular weight excluding hydrogens is 1270 g/mol. The van der Waals surface area contributed by atoms with E-state index in [1.165, 1.54) is 36.0 Å². The first-order valence-electron chi connectivity index (χ1n) is 31.2. The van der Waals surface area contributed by atoms with Crippen LogP contribution in [0.15, 0.2) is 59.6 Å². The first-order chi connectivity index (χ1) is 45.5. The number of aliphatic carboxylic acids is 2. The number of hydrogen-bond donors (Lipinski definition) is 19. The molecule has 8 atom stereocenters. The van der Waals surface area contributed by atoms with Gasteiger partial charge in [0.2, 0.25) is 70.9 Å². The number of nitrogens with one attached hydrogen (secondary N) is 12. The summed E-state index contributed by atoms with van der Waals surface area (Å²) in [4.78, 5) is 189. The molecule has 34 nitrogen and oxygen atoms in total. The van der Waals surface area contributed by atoms with Crippen molar-refractivity contribution in [3.8, 4) is 5.75 Å². The van der Waals surface area contributed by atoms with Crippen LogP contribution in [0.25, 0.3) is 0 Å². The standard InChI is InChI=1S/C61H95N17O17S/c1-34(2)26-43(77-59(93)52(35(3)4)78-57(91)41(20-21-51(85)86)72-48(82)31-67-46(80)29-63)53(87)70-33-50(84)71-39(14-9-10-23-62)55(89)74-40(15-11-24-66-61(64)65)56(90)76-44(28-37-16-18-38(79)19-17-37)54(88)69-30-47(81)68-32-49(83)73-45(27-36-12-7-6-8-13-36)58(92)75-42(60(94)95)22-25-96-5/h6-8,12-13,16-19,34-35,39-45,52,79H,9-11,14-15,20-33,62-63H2,1-5H3,(H,67,80)(H,68,81)(H,69,88)(H,70,87)(H,71,84)(H,72,82)(H,73,83)(H,74,89)(H,75,92)(H,76,90)(H,77,93)(H,78,91)(H,85,86)(H,94,95)(H4,64,65,66)/t39-,40-,41-,42-,43-,44-,45-,52-/m0/s1. The van der Waals surface area contributed by atoms with Crippen molar-refractivity contribution < 1.29 is 82.4 Å². The molecule has 0 fully saturated rings. The number of thioether (sulfide) groups is 1. The number of hydrogen-bond acceptors (Lipinski definition) is 19. The first kappa shape index (κ1) is 82.5. The van der Waals surface area contributed by atoms with Gasteiger partial charge in [-0.2, -0.15) is 11.8 Å². The number of carboxylic acids is 2. The summed E-state index contributed by atoms with van der Waals surface area (Å²) < 4.78 is 0. The quantitative estimate of drug-likeness (QED) is 0.0168. The maximum Gasteiger partial charge on any atom is 0.326 e. The number of phenols is 1. The van der Waals surface area contributed by atoms with E-state index in [0.717, 1.165) is 0 Å². The van der Waals surface area contributed by atoms with Crippen LogP contribution in [0.5, 0.6) is 5.75 Å². The number of nitrogens with two attached hydrogens (primary N) is 4. The van der Waals surface area contributed by atoms with Crippen LogP contribution in [-0.2, 0) is 80.0 Å². The molecule has 2 aromatic carbocycles. The second-order valence-electron chi connectivity index (χ2n) is 23.0. The number of unbranched alkanes of at least 4 members (excludes halogenated alkanes) is 1. The highest BCUT2D eigenvalue weighted by molar-refractivity contribution is 7.98. The largest absolute Gasteiger partial charge is 0.508 e. The van der Waals surface area contributed by atoms with Crippen molar-refractivity contribution in [1.29, 1.82) is 0 Å². The van der Waals surface area contributed by atoms with E-state index in [-0.39, 0.29) is 82.1 Å². The molecule has 96 heavy (non-hydrogen) atoms. The van der Waals surface area contributed by atoms with E-state index >= 15 is 0 Å². The molecule has 2 aromatic rings. The number of rotatable bonds is 46. The van der Waals surface area contributed by atoms with Crippen molar-refractivity contribution in [2.75, 3.05) is 57.8 Å². The SMILES string of the molecule is CSCC[C@H](NC(=O)[C@H](Cc1ccccc1)NC(=O)CNC(=O)CNC(=O)[C@H](Cc1ccc(O)cc1)NC(=O)[C@H](CCCN=C(N)N)NC(=O)[C@H](CCCCN)NC(=O)CNC(=O)[C@H](CC(C)C)NC(=O)[C@@H](NC(=O)[C@H](CCC(=O)O)NC(=O)CNC(=O)CN)C(C)C)C(=O)O. The Labute approximate surface area is 560 Å². The zero-order valence-corrected chi connectivity index (χ0v) is 55.4. The minimum atomic E-state index is -1.48. The lowest BCUT2D eigenvalue weighted by molar-refractivity contribution is -0.142. The Bertz CT molecular complexity index is 2960. The molecule has 0 aliphatic heterocycles. The van der Waals surface area contributed by atoms with Crippen LogP contribution < -0.4 is 86.7 Å². The molecule has 12 amide bonds. The highest BCUT2D eigenvalue weighted by Crippen LogP contribution is 2.14. The van der Waals surface area contributed by atoms with Gasteiger partial charge in [-0.25, -0.2) is 4.79 Å². The minimum Gasteiger partial charge on any atom is -0.508 e. The first-order valence-corrected chi connectivity index (χ1v) is 32.6. The molecule has 0 bridgehead atoms. The van der Waals surface area contributed by atoms with Crippen molar-refractivity contribution in [1.82, 2.24) is 63.8 Å². The zero-order chi connectivity index (χ0) is 71.9. The maximum atomic E-state index is 14.4. The molecule has 0 saturated heterocycles. The number of carbonyl (C=O) groups excluding carboxylic acids is 12. The summed E-state index contributed by atoms with van der Waals surface area (Å²) in [5.74, 6) is -13.7. The average Bonchev–Trinajstić information content (AvgIpc) is 0.942. The zero-order valence-electron chi connectivity index (χ0n) is 54.6. The predicted octanol–water partition coefficient (Wildman–Crippen LogP) is -4.93. The number of amides is 12. The Kier molecular flexibility index (Phi) is 38.5. The van der Waals surface area contributed by atoms with Crippen LogP contribution in [0.3, 0.4) is 0 Å². The second-order valence-corrected chi connectivity index (χ2v) is 24.0. The summed E-state index contributed by atoms with van der Waals surface area (Å²) in [5, 5.41) is 58.7. The summed E-state index contributed by atoms with van der Waals surface area (Å²) in [6.45, 7) is 3.64. The number of aromatic hydroxyl groups is 1. The van der Waals surface area contributed by atoms with E-state index < -0.39 is 183 Å². The van der Waals surface area contributed by atoms with Crippen LogP contribution in [0.2, 0.25) is 0 Å². The third-order valence-corrected chi connectivity index (χ3v) is 14.8. The van der Waals surface area contributed by atoms with Gasteiger partial charge in [0.05, 0.1) is 32.7 Å². The Hall–Kier alpha value is -9.64. The summed E-state index contributed by atoms with van der Waals surface area (Å²) in [6, 6.07) is 3.24. The molecule has 0 spiro atoms. The second kappa shape index (κ2) is 44.9. The van der Waals surface area contributed by atoms with Crippen molar-refractivity contribution >= 4 is 101 Å². The van der Waals surface area contributed by atoms with Gasteiger partial charge in [-0.3, -0.25) is 67.3 Å². The number of aliphatic imine (C=N–C) groups is 1. The topological polar surface area (TPSA) is 560 Å². The number of nitrogens with zero attached hydrogens (tertiary/aromatic N) is 1. The Balaban J connectivity index is 2.33. The Morgan fingerprint density at radius 3 is 1.47 bits per heavy atom. The van der Waals surface area contributed by atoms with Gasteiger partial charge in [-0.05, 0) is 105 Å². The highest BCUT2D eigenvalue weighted by Gasteiger charge is 2.35. The lowest BCUT2D eigenvalue weighted by Gasteiger charge is -2.28. The van der Waals surface area contributed by atoms with Crippen LogP contribution in [0.4, 0.5) is 0 Å². The van der Waals surface area contributed by atoms with E-state index in [0.29, 0.717) is 23.3 Å². The van der Waals surface area contributed by atoms with Crippen LogP contribution in [-0.4, -0.2) is 210 Å². The monoisotopic (exact) mass is 1370 g/mol. The molecule has 0 aliphatic rings. The van der Waals surface area contributed by atoms with Crippen LogP contribution in [0, 0.1) is 11.8 Å². The molecule has 532 valence electrons. The van der Waals surface area contributed by atoms with E-state index in [4.69, 9.17) is 22.9 Å². The van der Waals surface area contributed by atoms with Crippen molar-refractivity contribution in [3.63, 3.8) is 0 Å². The molecule has 0 unspecified atom stereocenters. The molecule has 23 N–H and O–H groups in total. The van der Waals surface area contributed by atoms with Crippen LogP contribution in [0.1, 0.15) is 96.6 Å². The number of phenolic OH excluding ortho intramolecular Hbond substituents is 1. The summed E-state index contributed by atoms with van der Waals surface area (Å²) >= 11 is 1.38. The summed E-state index contributed by atoms with van der Waals surface area (Å²) in [6.07, 6.45) is 1.25. The molecule has 2 rings (SSSR count). The van der Waals surface area contributed by atoms with Crippen molar-refractivity contribution in [2.45, 2.75) is 147 Å². The predicted molar refractivity (Wildman–Crippen MR) is 353 cm³/mol. The fourth-order valence-electron chi connectivity index (χ4n) is 9.08. The van der Waals surface area contributed by atoms with Crippen molar-refractivity contribution in [3.05, 3.63) is 65.7 Å². The number of guanidine groups is 1.